The van der Waals surface area contributed by atoms with Crippen LogP contribution in [0.25, 0.3) is 5.65 Å². The molecule has 2 N–H and O–H groups in total. The molecule has 0 saturated heterocycles. The molecule has 0 aliphatic rings. The Bertz CT molecular complexity index is 1370. The van der Waals surface area contributed by atoms with Crippen molar-refractivity contribution < 1.29 is 13.9 Å². The summed E-state index contributed by atoms with van der Waals surface area (Å²) in [5.74, 6) is -0.181. The second-order valence-electron chi connectivity index (χ2n) is 7.01. The number of rotatable bonds is 5. The van der Waals surface area contributed by atoms with Gasteiger partial charge in [0.2, 0.25) is 0 Å². The van der Waals surface area contributed by atoms with E-state index in [9.17, 15) is 14.0 Å². The number of halogens is 2. The first-order chi connectivity index (χ1) is 15.4. The summed E-state index contributed by atoms with van der Waals surface area (Å²) >= 11 is 5.74. The number of pyridine rings is 1. The summed E-state index contributed by atoms with van der Waals surface area (Å²) < 4.78 is 20.6. The molecule has 7 nitrogen and oxygen atoms in total. The summed E-state index contributed by atoms with van der Waals surface area (Å²) in [4.78, 5) is 29.1. The van der Waals surface area contributed by atoms with Crippen LogP contribution in [0.1, 0.15) is 11.3 Å². The maximum atomic E-state index is 13.3. The van der Waals surface area contributed by atoms with Crippen LogP contribution < -0.4 is 20.9 Å². The number of nitrogens with zero attached hydrogens (tertiary/aromatic N) is 2. The van der Waals surface area contributed by atoms with E-state index in [1.54, 1.807) is 30.5 Å². The highest BCUT2D eigenvalue weighted by atomic mass is 35.5. The van der Waals surface area contributed by atoms with E-state index >= 15 is 0 Å². The quantitative estimate of drug-likeness (QED) is 0.445. The second-order valence-corrected chi connectivity index (χ2v) is 7.42. The third kappa shape index (κ3) is 4.87. The molecule has 9 heteroatoms. The molecule has 0 fully saturated rings. The molecule has 4 rings (SSSR count). The Balaban J connectivity index is 1.48. The van der Waals surface area contributed by atoms with Crippen LogP contribution in [0.3, 0.4) is 0 Å². The summed E-state index contributed by atoms with van der Waals surface area (Å²) in [6.07, 6.45) is 1.68. The van der Waals surface area contributed by atoms with Gasteiger partial charge in [-0.1, -0.05) is 23.7 Å². The van der Waals surface area contributed by atoms with E-state index in [1.165, 1.54) is 22.6 Å². The summed E-state index contributed by atoms with van der Waals surface area (Å²) in [7, 11) is 0. The van der Waals surface area contributed by atoms with Crippen molar-refractivity contribution in [3.05, 3.63) is 99.3 Å². The van der Waals surface area contributed by atoms with Crippen molar-refractivity contribution in [3.8, 4) is 5.75 Å². The first kappa shape index (κ1) is 21.3. The molecule has 2 heterocycles. The number of para-hydroxylation sites is 2. The molecule has 0 aliphatic carbocycles. The first-order valence-corrected chi connectivity index (χ1v) is 10.0. The molecule has 32 heavy (non-hydrogen) atoms. The Morgan fingerprint density at radius 2 is 1.94 bits per heavy atom. The fourth-order valence-electron chi connectivity index (χ4n) is 3.03. The minimum atomic E-state index is -0.575. The van der Waals surface area contributed by atoms with Gasteiger partial charge in [0.25, 0.3) is 5.56 Å². The number of benzene rings is 2. The number of hydrogen-bond acceptors (Lipinski definition) is 4. The largest absolute Gasteiger partial charge is 0.485 e. The number of carbonyl (C=O) groups is 1. The first-order valence-electron chi connectivity index (χ1n) is 9.63. The minimum absolute atomic E-state index is 0.0353. The average molecular weight is 453 g/mol. The lowest BCUT2D eigenvalue weighted by Gasteiger charge is -2.13. The average Bonchev–Trinajstić information content (AvgIpc) is 2.75. The summed E-state index contributed by atoms with van der Waals surface area (Å²) in [6, 6.07) is 15.2. The zero-order valence-corrected chi connectivity index (χ0v) is 17.7. The molecule has 162 valence electrons. The number of anilines is 2. The van der Waals surface area contributed by atoms with Crippen molar-refractivity contribution in [2.75, 3.05) is 10.6 Å². The van der Waals surface area contributed by atoms with Gasteiger partial charge in [0.1, 0.15) is 23.8 Å². The van der Waals surface area contributed by atoms with Gasteiger partial charge in [0.05, 0.1) is 16.4 Å². The van der Waals surface area contributed by atoms with Crippen molar-refractivity contribution in [2.45, 2.75) is 13.5 Å². The molecule has 0 saturated carbocycles. The van der Waals surface area contributed by atoms with Crippen molar-refractivity contribution in [1.82, 2.24) is 9.38 Å². The minimum Gasteiger partial charge on any atom is -0.485 e. The van der Waals surface area contributed by atoms with Crippen LogP contribution in [0.2, 0.25) is 5.02 Å². The van der Waals surface area contributed by atoms with Crippen LogP contribution in [0, 0.1) is 12.7 Å². The molecule has 0 atom stereocenters. The third-order valence-electron chi connectivity index (χ3n) is 4.56. The molecule has 0 spiro atoms. The Morgan fingerprint density at radius 3 is 2.75 bits per heavy atom. The van der Waals surface area contributed by atoms with Gasteiger partial charge in [-0.2, -0.15) is 0 Å². The molecular weight excluding hydrogens is 435 g/mol. The van der Waals surface area contributed by atoms with Crippen LogP contribution >= 0.6 is 11.6 Å². The smallest absolute Gasteiger partial charge is 0.323 e. The molecule has 4 aromatic rings. The fraction of sp³-hybridized carbons (Fsp3) is 0.0870. The number of ether oxygens (including phenoxy) is 1. The Kier molecular flexibility index (Phi) is 6.04. The predicted molar refractivity (Wildman–Crippen MR) is 121 cm³/mol. The summed E-state index contributed by atoms with van der Waals surface area (Å²) in [5.41, 5.74) is 2.51. The lowest BCUT2D eigenvalue weighted by atomic mass is 10.3. The summed E-state index contributed by atoms with van der Waals surface area (Å²) in [5, 5.41) is 5.16. The molecule has 2 aromatic carbocycles. The molecule has 0 bridgehead atoms. The third-order valence-corrected chi connectivity index (χ3v) is 4.85. The Morgan fingerprint density at radius 1 is 1.12 bits per heavy atom. The zero-order chi connectivity index (χ0) is 22.7. The predicted octanol–water partition coefficient (Wildman–Crippen LogP) is 5.02. The van der Waals surface area contributed by atoms with E-state index in [1.807, 2.05) is 19.1 Å². The number of amides is 2. The van der Waals surface area contributed by atoms with Crippen LogP contribution in [-0.2, 0) is 6.61 Å². The van der Waals surface area contributed by atoms with Gasteiger partial charge < -0.3 is 15.4 Å². The highest BCUT2D eigenvalue weighted by Gasteiger charge is 2.10. The van der Waals surface area contributed by atoms with E-state index in [4.69, 9.17) is 16.3 Å². The van der Waals surface area contributed by atoms with Crippen molar-refractivity contribution >= 4 is 34.7 Å². The van der Waals surface area contributed by atoms with Crippen LogP contribution in [-0.4, -0.2) is 15.4 Å². The Labute approximate surface area is 187 Å². The Hall–Kier alpha value is -3.91. The molecular formula is C23H18ClFN4O3. The van der Waals surface area contributed by atoms with E-state index in [0.29, 0.717) is 28.5 Å². The van der Waals surface area contributed by atoms with Gasteiger partial charge in [-0.3, -0.25) is 9.20 Å². The normalized spacial score (nSPS) is 10.7. The fourth-order valence-corrected chi connectivity index (χ4v) is 3.21. The van der Waals surface area contributed by atoms with Gasteiger partial charge in [-0.25, -0.2) is 14.2 Å². The van der Waals surface area contributed by atoms with Gasteiger partial charge in [0.15, 0.2) is 0 Å². The standard InChI is InChI=1S/C23H18ClFN4O3/c1-14-8-9-29-21(10-14)26-16(12-22(29)30)13-32-20-5-3-2-4-19(20)28-23(31)27-15-6-7-18(25)17(24)11-15/h2-12H,13H2,1H3,(H2,27,28,31). The van der Waals surface area contributed by atoms with Gasteiger partial charge in [-0.15, -0.1) is 0 Å². The molecule has 0 unspecified atom stereocenters. The van der Waals surface area contributed by atoms with Gasteiger partial charge in [-0.05, 0) is 55.0 Å². The van der Waals surface area contributed by atoms with E-state index in [-0.39, 0.29) is 17.2 Å². The summed E-state index contributed by atoms with van der Waals surface area (Å²) in [6.45, 7) is 1.95. The number of carbonyl (C=O) groups excluding carboxylic acids is 1. The highest BCUT2D eigenvalue weighted by molar-refractivity contribution is 6.31. The van der Waals surface area contributed by atoms with E-state index in [0.717, 1.165) is 11.6 Å². The van der Waals surface area contributed by atoms with Gasteiger partial charge in [0, 0.05) is 18.0 Å². The number of urea groups is 1. The molecule has 0 radical (unpaired) electrons. The maximum Gasteiger partial charge on any atom is 0.323 e. The van der Waals surface area contributed by atoms with Crippen molar-refractivity contribution in [1.29, 1.82) is 0 Å². The molecule has 2 aromatic heterocycles. The number of nitrogens with one attached hydrogen (secondary N) is 2. The van der Waals surface area contributed by atoms with Crippen LogP contribution in [0.4, 0.5) is 20.6 Å². The van der Waals surface area contributed by atoms with E-state index < -0.39 is 11.8 Å². The van der Waals surface area contributed by atoms with Crippen molar-refractivity contribution in [3.63, 3.8) is 0 Å². The second kappa shape index (κ2) is 9.07. The lowest BCUT2D eigenvalue weighted by Crippen LogP contribution is -2.20. The van der Waals surface area contributed by atoms with E-state index in [2.05, 4.69) is 15.6 Å². The topological polar surface area (TPSA) is 84.7 Å². The lowest BCUT2D eigenvalue weighted by molar-refractivity contribution is 0.261. The number of aromatic nitrogens is 2. The van der Waals surface area contributed by atoms with Crippen LogP contribution in [0.15, 0.2) is 71.7 Å². The number of aryl methyl sites for hydroxylation is 1. The highest BCUT2D eigenvalue weighted by Crippen LogP contribution is 2.25. The maximum absolute atomic E-state index is 13.3. The van der Waals surface area contributed by atoms with Gasteiger partial charge >= 0.3 is 6.03 Å². The molecule has 2 amide bonds. The molecule has 0 aliphatic heterocycles. The van der Waals surface area contributed by atoms with Crippen molar-refractivity contribution in [2.24, 2.45) is 0 Å². The SMILES string of the molecule is Cc1ccn2c(=O)cc(COc3ccccc3NC(=O)Nc3ccc(F)c(Cl)c3)nc2c1. The zero-order valence-electron chi connectivity index (χ0n) is 16.9. The number of fused-ring (bicyclic) bond motifs is 1. The van der Waals surface area contributed by atoms with Crippen LogP contribution in [0.5, 0.6) is 5.75 Å². The monoisotopic (exact) mass is 452 g/mol. The number of hydrogen-bond donors (Lipinski definition) is 2.